The van der Waals surface area contributed by atoms with Crippen LogP contribution < -0.4 is 0 Å². The zero-order chi connectivity index (χ0) is 18.9. The molecule has 5 heteroatoms. The zero-order valence-electron chi connectivity index (χ0n) is 16.0. The highest BCUT2D eigenvalue weighted by molar-refractivity contribution is 5.79. The van der Waals surface area contributed by atoms with Gasteiger partial charge < -0.3 is 10.0 Å². The maximum absolute atomic E-state index is 12.7. The molecule has 1 N–H and O–H groups in total. The van der Waals surface area contributed by atoms with E-state index in [0.717, 1.165) is 51.9 Å². The number of rotatable bonds is 4. The summed E-state index contributed by atoms with van der Waals surface area (Å²) >= 11 is 0. The lowest BCUT2D eigenvalue weighted by molar-refractivity contribution is -0.147. The molecule has 1 aromatic rings. The Balaban J connectivity index is 1.42. The SMILES string of the molecule is O=C(O)C1CN(Cc2ccccc2)CC12CCN(C(=O)C1CCCC1)CC2. The minimum absolute atomic E-state index is 0.187. The number of carbonyl (C=O) groups excluding carboxylic acids is 1. The molecule has 4 rings (SSSR count). The molecular weight excluding hydrogens is 340 g/mol. The maximum atomic E-state index is 12.7. The fourth-order valence-electron chi connectivity index (χ4n) is 5.48. The molecule has 2 saturated heterocycles. The number of hydrogen-bond donors (Lipinski definition) is 1. The molecule has 5 nitrogen and oxygen atoms in total. The van der Waals surface area contributed by atoms with Gasteiger partial charge in [0.1, 0.15) is 0 Å². The van der Waals surface area contributed by atoms with E-state index < -0.39 is 5.97 Å². The van der Waals surface area contributed by atoms with Crippen LogP contribution in [0.25, 0.3) is 0 Å². The first-order chi connectivity index (χ1) is 13.1. The van der Waals surface area contributed by atoms with Gasteiger partial charge in [-0.1, -0.05) is 43.2 Å². The number of benzene rings is 1. The van der Waals surface area contributed by atoms with Gasteiger partial charge >= 0.3 is 5.97 Å². The van der Waals surface area contributed by atoms with Crippen LogP contribution in [0.5, 0.6) is 0 Å². The van der Waals surface area contributed by atoms with Crippen molar-refractivity contribution in [2.24, 2.45) is 17.3 Å². The van der Waals surface area contributed by atoms with Crippen LogP contribution in [0.4, 0.5) is 0 Å². The average Bonchev–Trinajstić information content (AvgIpc) is 3.32. The molecule has 1 atom stereocenters. The standard InChI is InChI=1S/C22H30N2O3/c25-20(18-8-4-5-9-18)24-12-10-22(11-13-24)16-23(15-19(22)21(26)27)14-17-6-2-1-3-7-17/h1-3,6-7,18-19H,4-5,8-16H2,(H,26,27). The Morgan fingerprint density at radius 1 is 1.07 bits per heavy atom. The van der Waals surface area contributed by atoms with Crippen LogP contribution in [0.15, 0.2) is 30.3 Å². The van der Waals surface area contributed by atoms with Crippen LogP contribution in [-0.4, -0.2) is 53.0 Å². The fourth-order valence-corrected chi connectivity index (χ4v) is 5.48. The summed E-state index contributed by atoms with van der Waals surface area (Å²) in [6.07, 6.45) is 6.03. The van der Waals surface area contributed by atoms with Gasteiger partial charge in [-0.3, -0.25) is 14.5 Å². The molecule has 1 saturated carbocycles. The van der Waals surface area contributed by atoms with Crippen molar-refractivity contribution in [2.45, 2.75) is 45.1 Å². The van der Waals surface area contributed by atoms with E-state index in [-0.39, 0.29) is 17.3 Å². The first-order valence-corrected chi connectivity index (χ1v) is 10.4. The smallest absolute Gasteiger partial charge is 0.308 e. The summed E-state index contributed by atoms with van der Waals surface area (Å²) in [7, 11) is 0. The largest absolute Gasteiger partial charge is 0.481 e. The number of aliphatic carboxylic acids is 1. The highest BCUT2D eigenvalue weighted by atomic mass is 16.4. The second-order valence-electron chi connectivity index (χ2n) is 8.72. The fraction of sp³-hybridized carbons (Fsp3) is 0.636. The first-order valence-electron chi connectivity index (χ1n) is 10.4. The highest BCUT2D eigenvalue weighted by Gasteiger charge is 2.51. The van der Waals surface area contributed by atoms with E-state index in [9.17, 15) is 14.7 Å². The quantitative estimate of drug-likeness (QED) is 0.885. The van der Waals surface area contributed by atoms with Crippen molar-refractivity contribution in [1.29, 1.82) is 0 Å². The van der Waals surface area contributed by atoms with Gasteiger partial charge in [0, 0.05) is 44.1 Å². The zero-order valence-corrected chi connectivity index (χ0v) is 16.0. The summed E-state index contributed by atoms with van der Waals surface area (Å²) in [5.74, 6) is -0.480. The van der Waals surface area contributed by atoms with Crippen LogP contribution in [0.3, 0.4) is 0 Å². The van der Waals surface area contributed by atoms with E-state index in [0.29, 0.717) is 12.5 Å². The number of carbonyl (C=O) groups is 2. The van der Waals surface area contributed by atoms with Crippen molar-refractivity contribution in [3.05, 3.63) is 35.9 Å². The predicted molar refractivity (Wildman–Crippen MR) is 103 cm³/mol. The number of likely N-dealkylation sites (tertiary alicyclic amines) is 2. The Morgan fingerprint density at radius 3 is 2.37 bits per heavy atom. The monoisotopic (exact) mass is 370 g/mol. The van der Waals surface area contributed by atoms with Gasteiger partial charge in [-0.15, -0.1) is 0 Å². The van der Waals surface area contributed by atoms with Crippen LogP contribution in [0.1, 0.15) is 44.1 Å². The van der Waals surface area contributed by atoms with Gasteiger partial charge in [-0.05, 0) is 31.2 Å². The Morgan fingerprint density at radius 2 is 1.74 bits per heavy atom. The van der Waals surface area contributed by atoms with Gasteiger partial charge in [-0.2, -0.15) is 0 Å². The number of carboxylic acids is 1. The van der Waals surface area contributed by atoms with E-state index in [1.54, 1.807) is 0 Å². The molecule has 0 aromatic heterocycles. The lowest BCUT2D eigenvalue weighted by Crippen LogP contribution is -2.49. The molecule has 2 heterocycles. The maximum Gasteiger partial charge on any atom is 0.308 e. The second-order valence-corrected chi connectivity index (χ2v) is 8.72. The van der Waals surface area contributed by atoms with Gasteiger partial charge in [0.2, 0.25) is 5.91 Å². The molecule has 1 amide bonds. The third kappa shape index (κ3) is 3.75. The van der Waals surface area contributed by atoms with E-state index in [1.807, 2.05) is 23.1 Å². The summed E-state index contributed by atoms with van der Waals surface area (Å²) in [6, 6.07) is 10.3. The molecule has 1 aliphatic carbocycles. The molecule has 2 aliphatic heterocycles. The van der Waals surface area contributed by atoms with Crippen molar-refractivity contribution < 1.29 is 14.7 Å². The van der Waals surface area contributed by atoms with Crippen LogP contribution in [-0.2, 0) is 16.1 Å². The summed E-state index contributed by atoms with van der Waals surface area (Å²) in [5.41, 5.74) is 1.04. The van der Waals surface area contributed by atoms with Crippen LogP contribution in [0.2, 0.25) is 0 Å². The molecule has 1 unspecified atom stereocenters. The summed E-state index contributed by atoms with van der Waals surface area (Å²) in [6.45, 7) is 3.68. The Hall–Kier alpha value is -1.88. The van der Waals surface area contributed by atoms with Gasteiger partial charge in [0.05, 0.1) is 5.92 Å². The normalized spacial score (nSPS) is 25.9. The van der Waals surface area contributed by atoms with Crippen molar-refractivity contribution in [1.82, 2.24) is 9.80 Å². The molecule has 1 spiro atoms. The van der Waals surface area contributed by atoms with Gasteiger partial charge in [0.15, 0.2) is 0 Å². The van der Waals surface area contributed by atoms with Crippen molar-refractivity contribution in [3.63, 3.8) is 0 Å². The number of carboxylic acid groups (broad SMARTS) is 1. The average molecular weight is 370 g/mol. The first kappa shape index (κ1) is 18.5. The van der Waals surface area contributed by atoms with E-state index in [2.05, 4.69) is 17.0 Å². The Labute approximate surface area is 161 Å². The van der Waals surface area contributed by atoms with Crippen LogP contribution >= 0.6 is 0 Å². The molecule has 1 aromatic carbocycles. The second kappa shape index (κ2) is 7.63. The highest BCUT2D eigenvalue weighted by Crippen LogP contribution is 2.45. The summed E-state index contributed by atoms with van der Waals surface area (Å²) in [5, 5.41) is 9.86. The number of piperidine rings is 1. The minimum atomic E-state index is -0.680. The summed E-state index contributed by atoms with van der Waals surface area (Å²) in [4.78, 5) is 29.0. The topological polar surface area (TPSA) is 60.9 Å². The molecule has 3 aliphatic rings. The number of nitrogens with zero attached hydrogens (tertiary/aromatic N) is 2. The van der Waals surface area contributed by atoms with Gasteiger partial charge in [0.25, 0.3) is 0 Å². The number of amides is 1. The lowest BCUT2D eigenvalue weighted by atomic mass is 9.70. The van der Waals surface area contributed by atoms with E-state index >= 15 is 0 Å². The summed E-state index contributed by atoms with van der Waals surface area (Å²) < 4.78 is 0. The van der Waals surface area contributed by atoms with Crippen LogP contribution in [0, 0.1) is 17.3 Å². The van der Waals surface area contributed by atoms with Crippen molar-refractivity contribution in [3.8, 4) is 0 Å². The predicted octanol–water partition coefficient (Wildman–Crippen LogP) is 3.00. The third-order valence-electron chi connectivity index (χ3n) is 7.04. The molecular formula is C22H30N2O3. The van der Waals surface area contributed by atoms with E-state index in [1.165, 1.54) is 18.4 Å². The van der Waals surface area contributed by atoms with Gasteiger partial charge in [-0.25, -0.2) is 0 Å². The Bertz CT molecular complexity index is 676. The molecule has 0 bridgehead atoms. The number of hydrogen-bond acceptors (Lipinski definition) is 3. The molecule has 146 valence electrons. The van der Waals surface area contributed by atoms with Crippen molar-refractivity contribution >= 4 is 11.9 Å². The molecule has 0 radical (unpaired) electrons. The lowest BCUT2D eigenvalue weighted by Gasteiger charge is -2.42. The Kier molecular flexibility index (Phi) is 5.22. The van der Waals surface area contributed by atoms with E-state index in [4.69, 9.17) is 0 Å². The minimum Gasteiger partial charge on any atom is -0.481 e. The molecule has 27 heavy (non-hydrogen) atoms. The van der Waals surface area contributed by atoms with Crippen molar-refractivity contribution in [2.75, 3.05) is 26.2 Å². The third-order valence-corrected chi connectivity index (χ3v) is 7.04. The molecule has 3 fully saturated rings.